The van der Waals surface area contributed by atoms with E-state index in [9.17, 15) is 9.59 Å². The van der Waals surface area contributed by atoms with Gasteiger partial charge in [-0.1, -0.05) is 18.2 Å². The zero-order valence-corrected chi connectivity index (χ0v) is 14.4. The number of benzene rings is 2. The molecule has 2 aromatic carbocycles. The maximum atomic E-state index is 12.8. The van der Waals surface area contributed by atoms with E-state index in [1.165, 1.54) is 12.0 Å². The number of para-hydroxylation sites is 1. The number of nitrogens with one attached hydrogen (secondary N) is 1. The largest absolute Gasteiger partial charge is 0.497 e. The van der Waals surface area contributed by atoms with Crippen LogP contribution in [0.1, 0.15) is 12.0 Å². The summed E-state index contributed by atoms with van der Waals surface area (Å²) in [6.07, 6.45) is 0.0996. The van der Waals surface area contributed by atoms with E-state index in [1.807, 2.05) is 31.2 Å². The van der Waals surface area contributed by atoms with Gasteiger partial charge in [0.2, 0.25) is 5.91 Å². The van der Waals surface area contributed by atoms with Crippen LogP contribution in [0.3, 0.4) is 0 Å². The number of hydrogen-bond acceptors (Lipinski definition) is 5. The number of ether oxygens (including phenoxy) is 2. The summed E-state index contributed by atoms with van der Waals surface area (Å²) in [7, 11) is 3.04. The molecular weight excluding hydrogens is 320 g/mol. The van der Waals surface area contributed by atoms with Crippen LogP contribution in [0, 0.1) is 6.92 Å². The monoisotopic (exact) mass is 340 g/mol. The van der Waals surface area contributed by atoms with E-state index in [4.69, 9.17) is 9.47 Å². The molecule has 0 unspecified atom stereocenters. The van der Waals surface area contributed by atoms with Crippen molar-refractivity contribution in [3.8, 4) is 11.5 Å². The van der Waals surface area contributed by atoms with Crippen LogP contribution in [0.15, 0.2) is 42.5 Å². The lowest BCUT2D eigenvalue weighted by Gasteiger charge is -2.19. The highest BCUT2D eigenvalue weighted by atomic mass is 16.5. The quantitative estimate of drug-likeness (QED) is 0.848. The third kappa shape index (κ3) is 3.15. The summed E-state index contributed by atoms with van der Waals surface area (Å²) in [5.74, 6) is 0.447. The van der Waals surface area contributed by atoms with Crippen molar-refractivity contribution in [2.45, 2.75) is 19.4 Å². The van der Waals surface area contributed by atoms with Crippen molar-refractivity contribution in [2.24, 2.45) is 0 Å². The van der Waals surface area contributed by atoms with E-state index in [2.05, 4.69) is 5.32 Å². The maximum Gasteiger partial charge on any atom is 0.256 e. The van der Waals surface area contributed by atoms with Crippen molar-refractivity contribution in [3.63, 3.8) is 0 Å². The predicted octanol–water partition coefficient (Wildman–Crippen LogP) is 2.76. The Morgan fingerprint density at radius 3 is 2.52 bits per heavy atom. The Bertz CT molecular complexity index is 819. The highest BCUT2D eigenvalue weighted by molar-refractivity contribution is 6.23. The van der Waals surface area contributed by atoms with Crippen LogP contribution in [0.4, 0.5) is 11.4 Å². The van der Waals surface area contributed by atoms with E-state index < -0.39 is 6.04 Å². The zero-order chi connectivity index (χ0) is 18.0. The molecule has 0 bridgehead atoms. The van der Waals surface area contributed by atoms with E-state index in [0.717, 1.165) is 11.3 Å². The van der Waals surface area contributed by atoms with Crippen LogP contribution in [-0.2, 0) is 9.59 Å². The average molecular weight is 340 g/mol. The second kappa shape index (κ2) is 6.84. The van der Waals surface area contributed by atoms with Crippen LogP contribution in [-0.4, -0.2) is 32.1 Å². The number of amides is 2. The lowest BCUT2D eigenvalue weighted by atomic mass is 10.1. The third-order valence-electron chi connectivity index (χ3n) is 4.25. The first-order chi connectivity index (χ1) is 12.0. The van der Waals surface area contributed by atoms with Gasteiger partial charge in [0.1, 0.15) is 17.5 Å². The molecule has 0 aromatic heterocycles. The van der Waals surface area contributed by atoms with E-state index >= 15 is 0 Å². The number of nitrogens with zero attached hydrogens (tertiary/aromatic N) is 1. The molecule has 0 radical (unpaired) electrons. The van der Waals surface area contributed by atoms with Gasteiger partial charge < -0.3 is 14.8 Å². The number of carbonyl (C=O) groups is 2. The van der Waals surface area contributed by atoms with Crippen LogP contribution in [0.25, 0.3) is 0 Å². The molecule has 3 rings (SSSR count). The molecule has 25 heavy (non-hydrogen) atoms. The maximum absolute atomic E-state index is 12.8. The fourth-order valence-corrected chi connectivity index (χ4v) is 2.89. The van der Waals surface area contributed by atoms with E-state index in [1.54, 1.807) is 25.3 Å². The first kappa shape index (κ1) is 16.8. The molecule has 6 heteroatoms. The molecule has 1 atom stereocenters. The molecule has 2 aromatic rings. The Hall–Kier alpha value is -3.02. The summed E-state index contributed by atoms with van der Waals surface area (Å²) in [5, 5.41) is 3.17. The van der Waals surface area contributed by atoms with Gasteiger partial charge >= 0.3 is 0 Å². The number of carbonyl (C=O) groups excluding carboxylic acids is 2. The summed E-state index contributed by atoms with van der Waals surface area (Å²) in [5.41, 5.74) is 2.29. The zero-order valence-electron chi connectivity index (χ0n) is 14.4. The molecule has 1 heterocycles. The van der Waals surface area contributed by atoms with Gasteiger partial charge in [-0.2, -0.15) is 0 Å². The van der Waals surface area contributed by atoms with Crippen molar-refractivity contribution in [2.75, 3.05) is 24.4 Å². The Morgan fingerprint density at radius 1 is 1.08 bits per heavy atom. The molecule has 0 aliphatic carbocycles. The molecule has 2 amide bonds. The minimum absolute atomic E-state index is 0.0996. The Labute approximate surface area is 146 Å². The van der Waals surface area contributed by atoms with Gasteiger partial charge in [0, 0.05) is 11.8 Å². The van der Waals surface area contributed by atoms with Crippen LogP contribution in [0.2, 0.25) is 0 Å². The summed E-state index contributed by atoms with van der Waals surface area (Å²) in [4.78, 5) is 26.5. The third-order valence-corrected chi connectivity index (χ3v) is 4.25. The lowest BCUT2D eigenvalue weighted by Crippen LogP contribution is -2.35. The Kier molecular flexibility index (Phi) is 4.61. The highest BCUT2D eigenvalue weighted by Crippen LogP contribution is 2.35. The second-order valence-corrected chi connectivity index (χ2v) is 5.82. The number of rotatable bonds is 5. The fourth-order valence-electron chi connectivity index (χ4n) is 2.89. The number of methoxy groups -OCH3 is 2. The molecule has 1 N–H and O–H groups in total. The van der Waals surface area contributed by atoms with Crippen molar-refractivity contribution < 1.29 is 19.1 Å². The van der Waals surface area contributed by atoms with Crippen molar-refractivity contribution in [1.29, 1.82) is 0 Å². The summed E-state index contributed by atoms with van der Waals surface area (Å²) in [6, 6.07) is 12.1. The Morgan fingerprint density at radius 2 is 1.84 bits per heavy atom. The molecule has 0 saturated carbocycles. The van der Waals surface area contributed by atoms with Crippen LogP contribution >= 0.6 is 0 Å². The van der Waals surface area contributed by atoms with E-state index in [0.29, 0.717) is 17.2 Å². The number of aryl methyl sites for hydroxylation is 1. The number of imide groups is 1. The van der Waals surface area contributed by atoms with Gasteiger partial charge in [-0.25, -0.2) is 4.90 Å². The fraction of sp³-hybridized carbons (Fsp3) is 0.263. The summed E-state index contributed by atoms with van der Waals surface area (Å²) >= 11 is 0. The molecule has 1 saturated heterocycles. The molecule has 1 aliphatic rings. The van der Waals surface area contributed by atoms with Gasteiger partial charge in [0.05, 0.1) is 26.3 Å². The summed E-state index contributed by atoms with van der Waals surface area (Å²) in [6.45, 7) is 1.95. The predicted molar refractivity (Wildman–Crippen MR) is 95.2 cm³/mol. The SMILES string of the molecule is COc1ccc(N2C(=O)C[C@@H](Nc3ccccc3C)C2=O)c(OC)c1. The smallest absolute Gasteiger partial charge is 0.256 e. The molecule has 1 fully saturated rings. The normalized spacial score (nSPS) is 16.9. The first-order valence-corrected chi connectivity index (χ1v) is 7.96. The van der Waals surface area contributed by atoms with Gasteiger partial charge in [-0.05, 0) is 30.7 Å². The van der Waals surface area contributed by atoms with Gasteiger partial charge in [0.25, 0.3) is 5.91 Å². The van der Waals surface area contributed by atoms with Gasteiger partial charge in [-0.15, -0.1) is 0 Å². The van der Waals surface area contributed by atoms with E-state index in [-0.39, 0.29) is 18.2 Å². The standard InChI is InChI=1S/C19H20N2O4/c1-12-6-4-5-7-14(12)20-15-11-18(22)21(19(15)23)16-9-8-13(24-2)10-17(16)25-3/h4-10,15,20H,11H2,1-3H3/t15-/m1/s1. The van der Waals surface area contributed by atoms with Crippen molar-refractivity contribution in [3.05, 3.63) is 48.0 Å². The van der Waals surface area contributed by atoms with Gasteiger partial charge in [-0.3, -0.25) is 9.59 Å². The van der Waals surface area contributed by atoms with Crippen LogP contribution in [0.5, 0.6) is 11.5 Å². The molecule has 130 valence electrons. The highest BCUT2D eigenvalue weighted by Gasteiger charge is 2.41. The second-order valence-electron chi connectivity index (χ2n) is 5.82. The minimum Gasteiger partial charge on any atom is -0.497 e. The molecular formula is C19H20N2O4. The van der Waals surface area contributed by atoms with Crippen molar-refractivity contribution in [1.82, 2.24) is 0 Å². The topological polar surface area (TPSA) is 67.9 Å². The van der Waals surface area contributed by atoms with Crippen molar-refractivity contribution >= 4 is 23.2 Å². The lowest BCUT2D eigenvalue weighted by molar-refractivity contribution is -0.121. The number of anilines is 2. The molecule has 0 spiro atoms. The summed E-state index contributed by atoms with van der Waals surface area (Å²) < 4.78 is 10.5. The van der Waals surface area contributed by atoms with Gasteiger partial charge in [0.15, 0.2) is 0 Å². The Balaban J connectivity index is 1.88. The minimum atomic E-state index is -0.597. The number of hydrogen-bond donors (Lipinski definition) is 1. The average Bonchev–Trinajstić information content (AvgIpc) is 2.90. The van der Waals surface area contributed by atoms with Crippen LogP contribution < -0.4 is 19.7 Å². The molecule has 6 nitrogen and oxygen atoms in total. The molecule has 1 aliphatic heterocycles. The first-order valence-electron chi connectivity index (χ1n) is 7.96.